The van der Waals surface area contributed by atoms with Crippen molar-refractivity contribution in [2.24, 2.45) is 28.1 Å². The first-order valence-electron chi connectivity index (χ1n) is 24.1. The van der Waals surface area contributed by atoms with Gasteiger partial charge in [0.25, 0.3) is 12.6 Å². The van der Waals surface area contributed by atoms with E-state index in [1.165, 1.54) is 7.11 Å². The van der Waals surface area contributed by atoms with E-state index in [2.05, 4.69) is 13.5 Å². The highest BCUT2D eigenvalue weighted by Crippen LogP contribution is 2.73. The van der Waals surface area contributed by atoms with E-state index in [4.69, 9.17) is 33.2 Å². The van der Waals surface area contributed by atoms with E-state index in [0.717, 1.165) is 0 Å². The Balaban J connectivity index is 1.47. The third kappa shape index (κ3) is 11.8. The van der Waals surface area contributed by atoms with Gasteiger partial charge in [-0.3, -0.25) is 4.79 Å². The highest BCUT2D eigenvalue weighted by Gasteiger charge is 2.69. The molecule has 4 saturated carbocycles. The summed E-state index contributed by atoms with van der Waals surface area (Å²) >= 11 is 0. The van der Waals surface area contributed by atoms with E-state index in [9.17, 15) is 91.6 Å². The molecule has 18 unspecified atom stereocenters. The van der Waals surface area contributed by atoms with Gasteiger partial charge in [0, 0.05) is 46.2 Å². The van der Waals surface area contributed by atoms with Crippen LogP contribution in [0.5, 0.6) is 0 Å². The van der Waals surface area contributed by atoms with Gasteiger partial charge in [0.05, 0.1) is 24.2 Å². The zero-order chi connectivity index (χ0) is 53.7. The van der Waals surface area contributed by atoms with Crippen LogP contribution in [0.15, 0.2) is 46.7 Å². The number of aliphatic hydroxyl groups is 17. The minimum Gasteiger partial charge on any atom is -0.506 e. The van der Waals surface area contributed by atoms with Crippen molar-refractivity contribution < 1.29 is 125 Å². The molecule has 5 fully saturated rings. The highest BCUT2D eigenvalue weighted by atomic mass is 16.8. The normalized spacial score (nSPS) is 36.5. The van der Waals surface area contributed by atoms with Gasteiger partial charge >= 0.3 is 5.97 Å². The number of carbonyl (C=O) groups excluding carboxylic acids is 1. The van der Waals surface area contributed by atoms with E-state index >= 15 is 0 Å². The van der Waals surface area contributed by atoms with Crippen molar-refractivity contribution in [3.05, 3.63) is 46.7 Å². The van der Waals surface area contributed by atoms with Crippen LogP contribution in [0.4, 0.5) is 0 Å². The molecule has 5 aliphatic rings. The van der Waals surface area contributed by atoms with Crippen LogP contribution in [0.3, 0.4) is 0 Å². The Morgan fingerprint density at radius 1 is 0.722 bits per heavy atom. The molecule has 18 atom stereocenters. The molecule has 414 valence electrons. The first-order chi connectivity index (χ1) is 33.9. The molecule has 0 aromatic rings. The Bertz CT molecular complexity index is 1940. The first-order valence-corrected chi connectivity index (χ1v) is 24.1. The Kier molecular flexibility index (Phi) is 20.2. The Morgan fingerprint density at radius 3 is 1.82 bits per heavy atom. The Morgan fingerprint density at radius 2 is 1.28 bits per heavy atom. The fourth-order valence-electron chi connectivity index (χ4n) is 12.2. The lowest BCUT2D eigenvalue weighted by molar-refractivity contribution is -0.329. The zero-order valence-electron chi connectivity index (χ0n) is 40.7. The molecule has 1 saturated heterocycles. The van der Waals surface area contributed by atoms with Gasteiger partial charge in [0.1, 0.15) is 36.6 Å². The Hall–Kier alpha value is -3.45. The lowest BCUT2D eigenvalue weighted by atomic mass is 9.41. The SMILES string of the molecule is C=C1CC23CCC4C(C)(C(=O)OC5OC(CO)C(O)C(O)C5OC(CO)OC)CCCC4(C)C2CCC1(OC(O)/C(OC(O)/C(O)=C(/O)C(O)CCO)=C(\OC(O)/C(O)=C(/O)C(O)CCO)C(O)CCO)C3. The van der Waals surface area contributed by atoms with Gasteiger partial charge in [-0.05, 0) is 86.5 Å². The second-order valence-electron chi connectivity index (χ2n) is 20.1. The van der Waals surface area contributed by atoms with E-state index in [0.29, 0.717) is 50.5 Å². The average molecular weight is 1040 g/mol. The maximum atomic E-state index is 14.6. The van der Waals surface area contributed by atoms with E-state index in [1.807, 2.05) is 0 Å². The molecule has 17 N–H and O–H groups in total. The van der Waals surface area contributed by atoms with Crippen LogP contribution in [-0.4, -0.2) is 213 Å². The molecule has 25 heteroatoms. The summed E-state index contributed by atoms with van der Waals surface area (Å²) in [6.45, 7) is 4.74. The number of rotatable bonds is 25. The molecule has 1 aliphatic heterocycles. The van der Waals surface area contributed by atoms with Gasteiger partial charge in [-0.1, -0.05) is 19.9 Å². The number of carbonyl (C=O) groups is 1. The maximum Gasteiger partial charge on any atom is 0.314 e. The van der Waals surface area contributed by atoms with Crippen molar-refractivity contribution in [2.45, 2.75) is 171 Å². The van der Waals surface area contributed by atoms with Crippen LogP contribution in [-0.2, 0) is 38.0 Å². The number of hydrogen-bond acceptors (Lipinski definition) is 25. The number of methoxy groups -OCH3 is 1. The van der Waals surface area contributed by atoms with Crippen molar-refractivity contribution in [3.8, 4) is 0 Å². The summed E-state index contributed by atoms with van der Waals surface area (Å²) in [6, 6.07) is 0. The fraction of sp³-hybridized carbons (Fsp3) is 0.809. The average Bonchev–Trinajstić information content (AvgIpc) is 3.54. The number of hydrogen-bond donors (Lipinski definition) is 17. The molecule has 25 nitrogen and oxygen atoms in total. The number of aliphatic hydroxyl groups excluding tert-OH is 17. The van der Waals surface area contributed by atoms with Crippen molar-refractivity contribution in [1.82, 2.24) is 0 Å². The zero-order valence-corrected chi connectivity index (χ0v) is 40.7. The minimum atomic E-state index is -2.72. The second kappa shape index (κ2) is 24.5. The molecule has 0 aromatic carbocycles. The molecule has 5 rings (SSSR count). The predicted octanol–water partition coefficient (Wildman–Crippen LogP) is -1.49. The summed E-state index contributed by atoms with van der Waals surface area (Å²) in [6.07, 6.45) is -20.8. The molecule has 72 heavy (non-hydrogen) atoms. The second-order valence-corrected chi connectivity index (χ2v) is 20.1. The summed E-state index contributed by atoms with van der Waals surface area (Å²) in [4.78, 5) is 14.6. The summed E-state index contributed by atoms with van der Waals surface area (Å²) in [5, 5.41) is 177. The Labute approximate surface area is 415 Å². The predicted molar refractivity (Wildman–Crippen MR) is 242 cm³/mol. The van der Waals surface area contributed by atoms with E-state index in [-0.39, 0.29) is 24.7 Å². The monoisotopic (exact) mass is 1040 g/mol. The number of fused-ring (bicyclic) bond motifs is 3. The summed E-state index contributed by atoms with van der Waals surface area (Å²) in [5.74, 6) is -8.71. The van der Waals surface area contributed by atoms with Gasteiger partial charge in [0.15, 0.2) is 35.4 Å². The van der Waals surface area contributed by atoms with Gasteiger partial charge in [-0.15, -0.1) is 0 Å². The standard InChI is InChI=1S/C47H76O25/c1-22-18-46-13-6-27-44(2,11-5-12-45(27,3)43(65)71-42-37(68-29(20-52)66-4)33(59)32(58)26(19-51)67-42)28(46)7-14-47(22,21-46)72-41(64)38(70-40(63)35(61)31(57)24(54)9-16-49)36(25(55)10-17-50)69-39(62)34(60)30(56)23(53)8-15-48/h23-29,32-33,37,39-42,48-64H,1,5-21H2,2-4H3/b34-30-,35-31-,38-36+. The van der Waals surface area contributed by atoms with Crippen LogP contribution < -0.4 is 0 Å². The lowest BCUT2D eigenvalue weighted by Crippen LogP contribution is -2.63. The quantitative estimate of drug-likeness (QED) is 0.0214. The first kappa shape index (κ1) is 59.4. The van der Waals surface area contributed by atoms with Crippen LogP contribution >= 0.6 is 0 Å². The van der Waals surface area contributed by atoms with Crippen LogP contribution in [0.1, 0.15) is 90.9 Å². The molecule has 0 amide bonds. The van der Waals surface area contributed by atoms with Crippen LogP contribution in [0.2, 0.25) is 0 Å². The molecular weight excluding hydrogens is 964 g/mol. The van der Waals surface area contributed by atoms with Gasteiger partial charge < -0.3 is 120 Å². The molecule has 0 radical (unpaired) electrons. The van der Waals surface area contributed by atoms with Crippen molar-refractivity contribution >= 4 is 5.97 Å². The largest absolute Gasteiger partial charge is 0.506 e. The van der Waals surface area contributed by atoms with Crippen LogP contribution in [0, 0.1) is 28.1 Å². The summed E-state index contributed by atoms with van der Waals surface area (Å²) in [5.41, 5.74) is -3.12. The molecular formula is C47H76O25. The van der Waals surface area contributed by atoms with E-state index < -0.39 is 189 Å². The van der Waals surface area contributed by atoms with E-state index in [1.54, 1.807) is 6.92 Å². The minimum absolute atomic E-state index is 0.0957. The number of ether oxygens (including phenoxy) is 7. The van der Waals surface area contributed by atoms with Crippen molar-refractivity contribution in [3.63, 3.8) is 0 Å². The smallest absolute Gasteiger partial charge is 0.314 e. The number of esters is 1. The van der Waals surface area contributed by atoms with Crippen molar-refractivity contribution in [1.29, 1.82) is 0 Å². The third-order valence-electron chi connectivity index (χ3n) is 15.8. The lowest BCUT2D eigenvalue weighted by Gasteiger charge is -2.64. The molecule has 2 bridgehead atoms. The van der Waals surface area contributed by atoms with Gasteiger partial charge in [-0.25, -0.2) is 0 Å². The molecule has 4 aliphatic carbocycles. The fourth-order valence-corrected chi connectivity index (χ4v) is 12.2. The topological polar surface area (TPSA) is 426 Å². The maximum absolute atomic E-state index is 14.6. The van der Waals surface area contributed by atoms with Gasteiger partial charge in [0.2, 0.25) is 24.1 Å². The third-order valence-corrected chi connectivity index (χ3v) is 15.8. The van der Waals surface area contributed by atoms with Gasteiger partial charge in [-0.2, -0.15) is 0 Å². The van der Waals surface area contributed by atoms with Crippen LogP contribution in [0.25, 0.3) is 0 Å². The van der Waals surface area contributed by atoms with Crippen molar-refractivity contribution in [2.75, 3.05) is 40.1 Å². The summed E-state index contributed by atoms with van der Waals surface area (Å²) in [7, 11) is 1.24. The highest BCUT2D eigenvalue weighted by molar-refractivity contribution is 5.77. The molecule has 1 heterocycles. The summed E-state index contributed by atoms with van der Waals surface area (Å²) < 4.78 is 39.8. The molecule has 1 spiro atoms. The molecule has 0 aromatic heterocycles.